The number of ether oxygens (including phenoxy) is 1. The van der Waals surface area contributed by atoms with E-state index in [1.54, 1.807) is 0 Å². The van der Waals surface area contributed by atoms with E-state index in [0.717, 1.165) is 19.3 Å². The molecule has 1 unspecified atom stereocenters. The smallest absolute Gasteiger partial charge is 0.306 e. The molecule has 0 spiro atoms. The van der Waals surface area contributed by atoms with Crippen LogP contribution in [0.25, 0.3) is 0 Å². The van der Waals surface area contributed by atoms with Crippen LogP contribution in [-0.2, 0) is 9.53 Å². The van der Waals surface area contributed by atoms with E-state index in [9.17, 15) is 4.79 Å². The van der Waals surface area contributed by atoms with Gasteiger partial charge < -0.3 is 4.74 Å². The van der Waals surface area contributed by atoms with Crippen LogP contribution in [0.4, 0.5) is 0 Å². The second-order valence-corrected chi connectivity index (χ2v) is 4.52. The molecule has 1 heterocycles. The van der Waals surface area contributed by atoms with Gasteiger partial charge in [-0.3, -0.25) is 4.79 Å². The third-order valence-electron chi connectivity index (χ3n) is 3.02. The molecule has 0 radical (unpaired) electrons. The molecule has 0 aliphatic carbocycles. The summed E-state index contributed by atoms with van der Waals surface area (Å²) in [4.78, 5) is 10.9. The molecule has 0 aromatic heterocycles. The number of esters is 1. The van der Waals surface area contributed by atoms with Gasteiger partial charge in [0, 0.05) is 6.42 Å². The maximum absolute atomic E-state index is 10.9. The number of unbranched alkanes of at least 4 members (excludes halogenated alkanes) is 4. The minimum Gasteiger partial charge on any atom is -0.462 e. The maximum atomic E-state index is 10.9. The summed E-state index contributed by atoms with van der Waals surface area (Å²) in [6.45, 7) is 2.17. The van der Waals surface area contributed by atoms with E-state index in [0.29, 0.717) is 6.42 Å². The molecule has 0 aromatic rings. The molecule has 0 bridgehead atoms. The van der Waals surface area contributed by atoms with Gasteiger partial charge in [-0.2, -0.15) is 0 Å². The van der Waals surface area contributed by atoms with Gasteiger partial charge >= 0.3 is 5.97 Å². The van der Waals surface area contributed by atoms with E-state index in [1.807, 2.05) is 0 Å². The van der Waals surface area contributed by atoms with E-state index in [4.69, 9.17) is 4.74 Å². The van der Waals surface area contributed by atoms with Crippen LogP contribution >= 0.6 is 0 Å². The summed E-state index contributed by atoms with van der Waals surface area (Å²) in [5, 5.41) is 0. The summed E-state index contributed by atoms with van der Waals surface area (Å²) in [5.74, 6) is -0.00490. The predicted molar refractivity (Wildman–Crippen MR) is 66.2 cm³/mol. The van der Waals surface area contributed by atoms with Gasteiger partial charge in [-0.05, 0) is 38.5 Å². The highest BCUT2D eigenvalue weighted by Gasteiger charge is 2.22. The zero-order valence-corrected chi connectivity index (χ0v) is 10.4. The zero-order chi connectivity index (χ0) is 11.6. The molecule has 1 aliphatic rings. The Morgan fingerprint density at radius 1 is 1.25 bits per heavy atom. The molecule has 92 valence electrons. The first kappa shape index (κ1) is 13.3. The third kappa shape index (κ3) is 5.94. The van der Waals surface area contributed by atoms with Crippen LogP contribution in [0.2, 0.25) is 0 Å². The van der Waals surface area contributed by atoms with Crippen LogP contribution < -0.4 is 0 Å². The van der Waals surface area contributed by atoms with Gasteiger partial charge in [0.25, 0.3) is 0 Å². The first-order valence-corrected chi connectivity index (χ1v) is 6.67. The van der Waals surface area contributed by atoms with Gasteiger partial charge in [-0.25, -0.2) is 0 Å². The van der Waals surface area contributed by atoms with Crippen molar-refractivity contribution >= 4 is 5.97 Å². The number of rotatable bonds is 8. The second-order valence-electron chi connectivity index (χ2n) is 4.52. The maximum Gasteiger partial charge on any atom is 0.306 e. The van der Waals surface area contributed by atoms with Gasteiger partial charge in [0.1, 0.15) is 6.10 Å². The molecule has 16 heavy (non-hydrogen) atoms. The first-order valence-electron chi connectivity index (χ1n) is 6.67. The van der Waals surface area contributed by atoms with E-state index in [1.165, 1.54) is 32.1 Å². The van der Waals surface area contributed by atoms with Crippen molar-refractivity contribution in [3.05, 3.63) is 12.2 Å². The number of carbonyl (C=O) groups is 1. The molecule has 1 aliphatic heterocycles. The lowest BCUT2D eigenvalue weighted by molar-refractivity contribution is -0.141. The standard InChI is InChI=1S/C14H24O2/c1-2-3-4-5-6-7-8-9-10-13-11-12-14(15)16-13/h3-4,13H,2,5-12H2,1H3/b4-3-. The molecule has 0 amide bonds. The Labute approximate surface area is 99.1 Å². The normalized spacial score (nSPS) is 20.6. The topological polar surface area (TPSA) is 26.3 Å². The van der Waals surface area contributed by atoms with Crippen molar-refractivity contribution in [3.63, 3.8) is 0 Å². The fourth-order valence-corrected chi connectivity index (χ4v) is 2.06. The Morgan fingerprint density at radius 3 is 2.75 bits per heavy atom. The van der Waals surface area contributed by atoms with Crippen LogP contribution in [0.1, 0.15) is 64.7 Å². The summed E-state index contributed by atoms with van der Waals surface area (Å²) in [6.07, 6.45) is 14.8. The average Bonchev–Trinajstić information content (AvgIpc) is 2.68. The average molecular weight is 224 g/mol. The number of cyclic esters (lactones) is 1. The Bertz CT molecular complexity index is 221. The van der Waals surface area contributed by atoms with E-state index in [2.05, 4.69) is 19.1 Å². The van der Waals surface area contributed by atoms with Gasteiger partial charge in [0.2, 0.25) is 0 Å². The summed E-state index contributed by atoms with van der Waals surface area (Å²) in [5.41, 5.74) is 0. The van der Waals surface area contributed by atoms with E-state index < -0.39 is 0 Å². The minimum atomic E-state index is -0.00490. The van der Waals surface area contributed by atoms with E-state index >= 15 is 0 Å². The molecular formula is C14H24O2. The molecule has 0 saturated carbocycles. The molecule has 0 aromatic carbocycles. The largest absolute Gasteiger partial charge is 0.462 e. The second kappa shape index (κ2) is 8.37. The van der Waals surface area contributed by atoms with Crippen molar-refractivity contribution in [2.75, 3.05) is 0 Å². The highest BCUT2D eigenvalue weighted by atomic mass is 16.5. The molecule has 0 N–H and O–H groups in total. The van der Waals surface area contributed by atoms with Crippen LogP contribution in [0.5, 0.6) is 0 Å². The van der Waals surface area contributed by atoms with Crippen molar-refractivity contribution in [3.8, 4) is 0 Å². The van der Waals surface area contributed by atoms with Crippen molar-refractivity contribution < 1.29 is 9.53 Å². The van der Waals surface area contributed by atoms with E-state index in [-0.39, 0.29) is 12.1 Å². The lowest BCUT2D eigenvalue weighted by Gasteiger charge is -2.07. The Hall–Kier alpha value is -0.790. The molecule has 1 fully saturated rings. The number of carbonyl (C=O) groups excluding carboxylic acids is 1. The fourth-order valence-electron chi connectivity index (χ4n) is 2.06. The summed E-state index contributed by atoms with van der Waals surface area (Å²) >= 11 is 0. The predicted octanol–water partition coefficient (Wildman–Crippen LogP) is 4.00. The monoisotopic (exact) mass is 224 g/mol. The Balaban J connectivity index is 1.85. The summed E-state index contributed by atoms with van der Waals surface area (Å²) in [6, 6.07) is 0. The molecule has 1 atom stereocenters. The fraction of sp³-hybridized carbons (Fsp3) is 0.786. The van der Waals surface area contributed by atoms with Gasteiger partial charge in [-0.1, -0.05) is 31.9 Å². The van der Waals surface area contributed by atoms with Crippen molar-refractivity contribution in [1.82, 2.24) is 0 Å². The van der Waals surface area contributed by atoms with Gasteiger partial charge in [0.15, 0.2) is 0 Å². The van der Waals surface area contributed by atoms with Crippen LogP contribution in [-0.4, -0.2) is 12.1 Å². The summed E-state index contributed by atoms with van der Waals surface area (Å²) < 4.78 is 5.17. The number of hydrogen-bond acceptors (Lipinski definition) is 2. The van der Waals surface area contributed by atoms with Crippen LogP contribution in [0.15, 0.2) is 12.2 Å². The zero-order valence-electron chi connectivity index (χ0n) is 10.4. The minimum absolute atomic E-state index is 0.00490. The number of allylic oxidation sites excluding steroid dienone is 2. The van der Waals surface area contributed by atoms with Crippen LogP contribution in [0, 0.1) is 0 Å². The quantitative estimate of drug-likeness (QED) is 0.354. The van der Waals surface area contributed by atoms with Crippen molar-refractivity contribution in [1.29, 1.82) is 0 Å². The first-order chi connectivity index (χ1) is 7.83. The van der Waals surface area contributed by atoms with Gasteiger partial charge in [-0.15, -0.1) is 0 Å². The van der Waals surface area contributed by atoms with Crippen molar-refractivity contribution in [2.45, 2.75) is 70.8 Å². The molecule has 2 nitrogen and oxygen atoms in total. The molecule has 2 heteroatoms. The Kier molecular flexibility index (Phi) is 6.95. The highest BCUT2D eigenvalue weighted by Crippen LogP contribution is 2.19. The molecule has 1 rings (SSSR count). The Morgan fingerprint density at radius 2 is 2.06 bits per heavy atom. The SMILES string of the molecule is CC/C=C\CCCCCCC1CCC(=O)O1. The van der Waals surface area contributed by atoms with Crippen molar-refractivity contribution in [2.24, 2.45) is 0 Å². The molecular weight excluding hydrogens is 200 g/mol. The lowest BCUT2D eigenvalue weighted by Crippen LogP contribution is -2.06. The van der Waals surface area contributed by atoms with Gasteiger partial charge in [0.05, 0.1) is 0 Å². The third-order valence-corrected chi connectivity index (χ3v) is 3.02. The summed E-state index contributed by atoms with van der Waals surface area (Å²) in [7, 11) is 0. The van der Waals surface area contributed by atoms with Crippen LogP contribution in [0.3, 0.4) is 0 Å². The lowest BCUT2D eigenvalue weighted by atomic mass is 10.1. The highest BCUT2D eigenvalue weighted by molar-refractivity contribution is 5.71. The molecule has 1 saturated heterocycles. The number of hydrogen-bond donors (Lipinski definition) is 0.